The molecule has 0 atom stereocenters. The third-order valence-electron chi connectivity index (χ3n) is 3.38. The van der Waals surface area contributed by atoms with Crippen LogP contribution in [0.5, 0.6) is 0 Å². The maximum Gasteiger partial charge on any atom is 0.338 e. The van der Waals surface area contributed by atoms with Gasteiger partial charge in [-0.05, 0) is 29.6 Å². The van der Waals surface area contributed by atoms with E-state index < -0.39 is 5.97 Å². The summed E-state index contributed by atoms with van der Waals surface area (Å²) < 4.78 is 10.4. The largest absolute Gasteiger partial charge is 0.454 e. The zero-order valence-corrected chi connectivity index (χ0v) is 15.8. The maximum atomic E-state index is 12.4. The normalized spacial score (nSPS) is 10.4. The van der Waals surface area contributed by atoms with Crippen molar-refractivity contribution in [1.82, 2.24) is 10.1 Å². The van der Waals surface area contributed by atoms with E-state index in [2.05, 4.69) is 20.8 Å². The molecule has 2 aromatic heterocycles. The summed E-state index contributed by atoms with van der Waals surface area (Å²) in [6.45, 7) is 2.49. The number of carbonyl (C=O) groups is 3. The Balaban J connectivity index is 1.72. The van der Waals surface area contributed by atoms with Crippen molar-refractivity contribution in [1.29, 1.82) is 0 Å². The first kappa shape index (κ1) is 19.2. The zero-order chi connectivity index (χ0) is 20.1. The average Bonchev–Trinajstić information content (AvgIpc) is 3.29. The quantitative estimate of drug-likeness (QED) is 0.609. The first-order valence-electron chi connectivity index (χ1n) is 8.13. The molecular weight excluding hydrogens is 384 g/mol. The van der Waals surface area contributed by atoms with Crippen LogP contribution in [0.4, 0.5) is 11.4 Å². The van der Waals surface area contributed by atoms with E-state index in [0.29, 0.717) is 17.3 Å². The van der Waals surface area contributed by atoms with Gasteiger partial charge in [0.25, 0.3) is 5.89 Å². The number of nitrogens with one attached hydrogen (secondary N) is 2. The highest BCUT2D eigenvalue weighted by Crippen LogP contribution is 2.22. The van der Waals surface area contributed by atoms with Gasteiger partial charge in [-0.3, -0.25) is 9.59 Å². The van der Waals surface area contributed by atoms with Crippen molar-refractivity contribution in [3.05, 3.63) is 46.4 Å². The summed E-state index contributed by atoms with van der Waals surface area (Å²) in [6.07, 6.45) is 0. The molecule has 3 aromatic rings. The molecule has 0 aliphatic carbocycles. The monoisotopic (exact) mass is 400 g/mol. The molecule has 0 aliphatic rings. The molecular formula is C18H16N4O5S. The van der Waals surface area contributed by atoms with Gasteiger partial charge in [0.05, 0.1) is 11.1 Å². The number of hydrogen-bond acceptors (Lipinski definition) is 8. The highest BCUT2D eigenvalue weighted by Gasteiger charge is 2.15. The van der Waals surface area contributed by atoms with Crippen molar-refractivity contribution in [3.8, 4) is 11.5 Å². The van der Waals surface area contributed by atoms with Gasteiger partial charge in [-0.15, -0.1) is 0 Å². The third-order valence-corrected chi connectivity index (χ3v) is 4.06. The molecule has 2 N–H and O–H groups in total. The number of amides is 2. The first-order chi connectivity index (χ1) is 13.4. The van der Waals surface area contributed by atoms with Crippen LogP contribution in [0, 0.1) is 0 Å². The molecule has 0 saturated carbocycles. The average molecular weight is 400 g/mol. The van der Waals surface area contributed by atoms with E-state index in [1.807, 2.05) is 16.8 Å². The van der Waals surface area contributed by atoms with Gasteiger partial charge in [-0.25, -0.2) is 4.79 Å². The summed E-state index contributed by atoms with van der Waals surface area (Å²) in [5, 5.41) is 12.7. The van der Waals surface area contributed by atoms with Gasteiger partial charge in [0, 0.05) is 30.6 Å². The number of nitrogens with zero attached hydrogens (tertiary/aromatic N) is 2. The maximum absolute atomic E-state index is 12.4. The van der Waals surface area contributed by atoms with Gasteiger partial charge in [0.1, 0.15) is 0 Å². The molecule has 2 heterocycles. The van der Waals surface area contributed by atoms with Crippen molar-refractivity contribution >= 4 is 40.5 Å². The molecule has 0 fully saturated rings. The summed E-state index contributed by atoms with van der Waals surface area (Å²) in [5.74, 6) is -0.734. The minimum absolute atomic E-state index is 0.150. The lowest BCUT2D eigenvalue weighted by atomic mass is 10.1. The summed E-state index contributed by atoms with van der Waals surface area (Å²) >= 11 is 1.50. The SMILES string of the molecule is CC(=O)Nc1cc(NC(C)=O)cc(C(=O)OCc2noc(-c3ccsc3)n2)c1. The molecule has 3 rings (SSSR count). The van der Waals surface area contributed by atoms with Crippen LogP contribution in [-0.2, 0) is 20.9 Å². The number of rotatable bonds is 6. The number of benzene rings is 1. The molecule has 0 unspecified atom stereocenters. The van der Waals surface area contributed by atoms with Gasteiger partial charge in [-0.1, -0.05) is 5.16 Å². The summed E-state index contributed by atoms with van der Waals surface area (Å²) in [5.41, 5.74) is 1.64. The number of esters is 1. The minimum Gasteiger partial charge on any atom is -0.454 e. The van der Waals surface area contributed by atoms with Crippen LogP contribution < -0.4 is 10.6 Å². The summed E-state index contributed by atoms with van der Waals surface area (Å²) in [4.78, 5) is 39.2. The Morgan fingerprint density at radius 1 is 1.11 bits per heavy atom. The smallest absolute Gasteiger partial charge is 0.338 e. The predicted octanol–water partition coefficient (Wildman–Crippen LogP) is 3.07. The molecule has 0 bridgehead atoms. The fourth-order valence-corrected chi connectivity index (χ4v) is 2.96. The van der Waals surface area contributed by atoms with E-state index in [4.69, 9.17) is 9.26 Å². The topological polar surface area (TPSA) is 123 Å². The first-order valence-corrected chi connectivity index (χ1v) is 9.07. The van der Waals surface area contributed by atoms with Gasteiger partial charge in [0.15, 0.2) is 6.61 Å². The van der Waals surface area contributed by atoms with Crippen LogP contribution in [0.3, 0.4) is 0 Å². The molecule has 2 amide bonds. The van der Waals surface area contributed by atoms with Crippen LogP contribution in [0.15, 0.2) is 39.5 Å². The van der Waals surface area contributed by atoms with Crippen molar-refractivity contribution in [2.45, 2.75) is 20.5 Å². The van der Waals surface area contributed by atoms with Gasteiger partial charge >= 0.3 is 5.97 Å². The van der Waals surface area contributed by atoms with Gasteiger partial charge in [0.2, 0.25) is 17.6 Å². The fraction of sp³-hybridized carbons (Fsp3) is 0.167. The number of aromatic nitrogens is 2. The van der Waals surface area contributed by atoms with Crippen molar-refractivity contribution < 1.29 is 23.6 Å². The van der Waals surface area contributed by atoms with E-state index in [1.54, 1.807) is 0 Å². The Morgan fingerprint density at radius 2 is 1.79 bits per heavy atom. The number of anilines is 2. The van der Waals surface area contributed by atoms with E-state index in [1.165, 1.54) is 43.4 Å². The third kappa shape index (κ3) is 5.01. The molecule has 10 heteroatoms. The Hall–Kier alpha value is -3.53. The van der Waals surface area contributed by atoms with Crippen molar-refractivity contribution in [2.75, 3.05) is 10.6 Å². The number of ether oxygens (including phenoxy) is 1. The number of hydrogen-bond donors (Lipinski definition) is 2. The number of carbonyl (C=O) groups excluding carboxylic acids is 3. The second-order valence-corrected chi connectivity index (χ2v) is 6.55. The van der Waals surface area contributed by atoms with E-state index >= 15 is 0 Å². The Kier molecular flexibility index (Phi) is 5.80. The molecule has 9 nitrogen and oxygen atoms in total. The Morgan fingerprint density at radius 3 is 2.36 bits per heavy atom. The van der Waals surface area contributed by atoms with Crippen LogP contribution in [0.2, 0.25) is 0 Å². The van der Waals surface area contributed by atoms with Crippen molar-refractivity contribution in [2.24, 2.45) is 0 Å². The molecule has 0 saturated heterocycles. The zero-order valence-electron chi connectivity index (χ0n) is 15.0. The minimum atomic E-state index is -0.666. The lowest BCUT2D eigenvalue weighted by Gasteiger charge is -2.10. The highest BCUT2D eigenvalue weighted by molar-refractivity contribution is 7.08. The standard InChI is InChI=1S/C18H16N4O5S/c1-10(23)19-14-5-13(6-15(7-14)20-11(2)24)18(25)26-8-16-21-17(27-22-16)12-3-4-28-9-12/h3-7,9H,8H2,1-2H3,(H,19,23)(H,20,24). The molecule has 0 radical (unpaired) electrons. The second-order valence-electron chi connectivity index (χ2n) is 5.77. The molecule has 0 spiro atoms. The van der Waals surface area contributed by atoms with Gasteiger partial charge in [-0.2, -0.15) is 16.3 Å². The lowest BCUT2D eigenvalue weighted by molar-refractivity contribution is -0.115. The van der Waals surface area contributed by atoms with E-state index in [-0.39, 0.29) is 29.8 Å². The fourth-order valence-electron chi connectivity index (χ4n) is 2.33. The van der Waals surface area contributed by atoms with Crippen molar-refractivity contribution in [3.63, 3.8) is 0 Å². The van der Waals surface area contributed by atoms with E-state index in [0.717, 1.165) is 5.56 Å². The highest BCUT2D eigenvalue weighted by atomic mass is 32.1. The summed E-state index contributed by atoms with van der Waals surface area (Å²) in [6, 6.07) is 6.26. The van der Waals surface area contributed by atoms with Crippen LogP contribution >= 0.6 is 11.3 Å². The molecule has 144 valence electrons. The molecule has 0 aliphatic heterocycles. The Bertz CT molecular complexity index is 979. The molecule has 1 aromatic carbocycles. The molecule has 28 heavy (non-hydrogen) atoms. The van der Waals surface area contributed by atoms with E-state index in [9.17, 15) is 14.4 Å². The summed E-state index contributed by atoms with van der Waals surface area (Å²) in [7, 11) is 0. The Labute approximate surface area is 163 Å². The number of thiophene rings is 1. The second kappa shape index (κ2) is 8.44. The van der Waals surface area contributed by atoms with Gasteiger partial charge < -0.3 is 19.9 Å². The van der Waals surface area contributed by atoms with Crippen LogP contribution in [0.1, 0.15) is 30.0 Å². The lowest BCUT2D eigenvalue weighted by Crippen LogP contribution is -2.12. The van der Waals surface area contributed by atoms with Crippen LogP contribution in [0.25, 0.3) is 11.5 Å². The predicted molar refractivity (Wildman–Crippen MR) is 102 cm³/mol. The van der Waals surface area contributed by atoms with Crippen LogP contribution in [-0.4, -0.2) is 27.9 Å².